The molecule has 0 unspecified atom stereocenters. The average molecular weight is 459 g/mol. The molecule has 174 valence electrons. The smallest absolute Gasteiger partial charge is 0.377 e. The van der Waals surface area contributed by atoms with Crippen LogP contribution in [0.25, 0.3) is 21.9 Å². The van der Waals surface area contributed by atoms with E-state index in [2.05, 4.69) is 4.98 Å². The van der Waals surface area contributed by atoms with E-state index in [1.807, 2.05) is 28.8 Å². The summed E-state index contributed by atoms with van der Waals surface area (Å²) in [6, 6.07) is 9.41. The maximum Gasteiger partial charge on any atom is 0.389 e. The van der Waals surface area contributed by atoms with E-state index in [9.17, 15) is 18.0 Å². The minimum atomic E-state index is -4.21. The zero-order valence-electron chi connectivity index (χ0n) is 17.9. The van der Waals surface area contributed by atoms with E-state index in [0.717, 1.165) is 27.7 Å². The van der Waals surface area contributed by atoms with E-state index >= 15 is 0 Å². The van der Waals surface area contributed by atoms with Crippen molar-refractivity contribution in [1.29, 1.82) is 0 Å². The van der Waals surface area contributed by atoms with Gasteiger partial charge in [0.05, 0.1) is 43.0 Å². The van der Waals surface area contributed by atoms with E-state index in [4.69, 9.17) is 10.5 Å². The molecule has 0 bridgehead atoms. The summed E-state index contributed by atoms with van der Waals surface area (Å²) in [7, 11) is 0. The van der Waals surface area contributed by atoms with Crippen LogP contribution in [-0.2, 0) is 24.4 Å². The van der Waals surface area contributed by atoms with Crippen LogP contribution in [0.1, 0.15) is 30.1 Å². The number of aryl methyl sites for hydroxylation is 1. The lowest BCUT2D eigenvalue weighted by molar-refractivity contribution is -0.135. The summed E-state index contributed by atoms with van der Waals surface area (Å²) in [5.74, 6) is 0. The molecule has 0 atom stereocenters. The van der Waals surface area contributed by atoms with Crippen molar-refractivity contribution < 1.29 is 17.9 Å². The molecular formula is C23H24F3N5O2. The van der Waals surface area contributed by atoms with Gasteiger partial charge in [0.25, 0.3) is 0 Å². The fraction of sp³-hybridized carbons (Fsp3) is 0.391. The molecule has 7 nitrogen and oxygen atoms in total. The number of rotatable bonds is 7. The van der Waals surface area contributed by atoms with E-state index in [-0.39, 0.29) is 31.2 Å². The van der Waals surface area contributed by atoms with Crippen LogP contribution < -0.4 is 11.4 Å². The van der Waals surface area contributed by atoms with Crippen LogP contribution in [0.3, 0.4) is 0 Å². The van der Waals surface area contributed by atoms with E-state index < -0.39 is 12.6 Å². The molecule has 5 rings (SSSR count). The third-order valence-corrected chi connectivity index (χ3v) is 6.20. The molecule has 0 spiro atoms. The molecule has 10 heteroatoms. The highest BCUT2D eigenvalue weighted by Crippen LogP contribution is 2.27. The van der Waals surface area contributed by atoms with Crippen molar-refractivity contribution in [2.75, 3.05) is 13.2 Å². The van der Waals surface area contributed by atoms with Crippen LogP contribution in [0.2, 0.25) is 0 Å². The predicted octanol–water partition coefficient (Wildman–Crippen LogP) is 3.57. The first-order valence-electron chi connectivity index (χ1n) is 10.9. The van der Waals surface area contributed by atoms with Crippen molar-refractivity contribution in [2.45, 2.75) is 44.7 Å². The fourth-order valence-electron chi connectivity index (χ4n) is 4.50. The van der Waals surface area contributed by atoms with E-state index in [1.165, 1.54) is 0 Å². The number of fused-ring (bicyclic) bond motifs is 2. The number of ether oxygens (including phenoxy) is 1. The van der Waals surface area contributed by atoms with Crippen molar-refractivity contribution in [3.05, 3.63) is 64.5 Å². The number of nitrogens with zero attached hydrogens (tertiary/aromatic N) is 4. The third kappa shape index (κ3) is 4.04. The van der Waals surface area contributed by atoms with Crippen LogP contribution in [0, 0.1) is 0 Å². The van der Waals surface area contributed by atoms with Crippen LogP contribution in [0.15, 0.2) is 47.5 Å². The SMILES string of the molecule is NCc1ccc2c(c1)cc(Cn1c(=O)n(C3COC3)c3ccncc31)n2CCCC(F)(F)F. The molecule has 33 heavy (non-hydrogen) atoms. The predicted molar refractivity (Wildman–Crippen MR) is 118 cm³/mol. The second kappa shape index (κ2) is 8.35. The lowest BCUT2D eigenvalue weighted by Gasteiger charge is -2.27. The summed E-state index contributed by atoms with van der Waals surface area (Å²) in [6.45, 7) is 1.73. The lowest BCUT2D eigenvalue weighted by atomic mass is 10.1. The van der Waals surface area contributed by atoms with Gasteiger partial charge in [0.15, 0.2) is 0 Å². The van der Waals surface area contributed by atoms with Gasteiger partial charge < -0.3 is 15.0 Å². The number of hydrogen-bond acceptors (Lipinski definition) is 4. The lowest BCUT2D eigenvalue weighted by Crippen LogP contribution is -2.38. The Hall–Kier alpha value is -3.11. The van der Waals surface area contributed by atoms with Gasteiger partial charge in [-0.2, -0.15) is 13.2 Å². The number of alkyl halides is 3. The largest absolute Gasteiger partial charge is 0.389 e. The van der Waals surface area contributed by atoms with Crippen LogP contribution in [0.5, 0.6) is 0 Å². The van der Waals surface area contributed by atoms with Gasteiger partial charge in [0, 0.05) is 42.3 Å². The van der Waals surface area contributed by atoms with Gasteiger partial charge in [-0.25, -0.2) is 4.79 Å². The van der Waals surface area contributed by atoms with Crippen molar-refractivity contribution >= 4 is 21.9 Å². The summed E-state index contributed by atoms with van der Waals surface area (Å²) in [5, 5.41) is 0.891. The highest BCUT2D eigenvalue weighted by atomic mass is 19.4. The molecule has 1 aromatic carbocycles. The van der Waals surface area contributed by atoms with Gasteiger partial charge in [-0.1, -0.05) is 6.07 Å². The van der Waals surface area contributed by atoms with Crippen molar-refractivity contribution in [3.63, 3.8) is 0 Å². The Labute approximate surface area is 187 Å². The Balaban J connectivity index is 1.58. The molecular weight excluding hydrogens is 435 g/mol. The molecule has 0 saturated carbocycles. The zero-order valence-corrected chi connectivity index (χ0v) is 17.9. The Kier molecular flexibility index (Phi) is 5.49. The molecule has 1 saturated heterocycles. The summed E-state index contributed by atoms with van der Waals surface area (Å²) in [5.41, 5.74) is 9.57. The number of halogens is 3. The first-order valence-corrected chi connectivity index (χ1v) is 10.9. The molecule has 4 aromatic rings. The Bertz CT molecular complexity index is 1360. The Morgan fingerprint density at radius 3 is 2.61 bits per heavy atom. The van der Waals surface area contributed by atoms with Crippen LogP contribution >= 0.6 is 0 Å². The highest BCUT2D eigenvalue weighted by molar-refractivity contribution is 5.82. The zero-order chi connectivity index (χ0) is 23.2. The second-order valence-corrected chi connectivity index (χ2v) is 8.40. The molecule has 0 radical (unpaired) electrons. The molecule has 1 fully saturated rings. The van der Waals surface area contributed by atoms with Gasteiger partial charge in [-0.05, 0) is 36.2 Å². The molecule has 4 heterocycles. The number of pyridine rings is 1. The number of imidazole rings is 1. The van der Waals surface area contributed by atoms with Gasteiger partial charge in [0.2, 0.25) is 0 Å². The number of nitrogens with two attached hydrogens (primary N) is 1. The molecule has 2 N–H and O–H groups in total. The van der Waals surface area contributed by atoms with Crippen molar-refractivity contribution in [1.82, 2.24) is 18.7 Å². The normalized spacial score (nSPS) is 14.9. The Morgan fingerprint density at radius 2 is 1.91 bits per heavy atom. The van der Waals surface area contributed by atoms with E-state index in [0.29, 0.717) is 25.3 Å². The standard InChI is InChI=1S/C23H24F3N5O2/c24-23(25,26)5-1-7-29-17(9-16-8-15(10-27)2-3-19(16)29)12-30-21-11-28-6-4-20(21)31(22(30)32)18-13-33-14-18/h2-4,6,8-9,11,18H,1,5,7,10,12-14,27H2. The van der Waals surface area contributed by atoms with Gasteiger partial charge in [-0.3, -0.25) is 14.1 Å². The monoisotopic (exact) mass is 459 g/mol. The minimum absolute atomic E-state index is 0.0339. The first-order chi connectivity index (χ1) is 15.9. The highest BCUT2D eigenvalue weighted by Gasteiger charge is 2.28. The van der Waals surface area contributed by atoms with Crippen molar-refractivity contribution in [3.8, 4) is 0 Å². The van der Waals surface area contributed by atoms with Gasteiger partial charge in [-0.15, -0.1) is 0 Å². The number of benzene rings is 1. The maximum absolute atomic E-state index is 13.4. The average Bonchev–Trinajstić information content (AvgIpc) is 3.22. The van der Waals surface area contributed by atoms with Gasteiger partial charge in [0.1, 0.15) is 0 Å². The van der Waals surface area contributed by atoms with Crippen LogP contribution in [0.4, 0.5) is 13.2 Å². The minimum Gasteiger partial charge on any atom is -0.377 e. The Morgan fingerprint density at radius 1 is 1.09 bits per heavy atom. The fourth-order valence-corrected chi connectivity index (χ4v) is 4.50. The quantitative estimate of drug-likeness (QED) is 0.458. The van der Waals surface area contributed by atoms with Crippen molar-refractivity contribution in [2.24, 2.45) is 5.73 Å². The molecule has 1 aliphatic heterocycles. The third-order valence-electron chi connectivity index (χ3n) is 6.20. The summed E-state index contributed by atoms with van der Waals surface area (Å²) in [4.78, 5) is 17.6. The molecule has 0 aliphatic carbocycles. The maximum atomic E-state index is 13.4. The molecule has 1 aliphatic rings. The summed E-state index contributed by atoms with van der Waals surface area (Å²) in [6.07, 6.45) is -1.83. The summed E-state index contributed by atoms with van der Waals surface area (Å²) >= 11 is 0. The first kappa shape index (κ1) is 21.7. The summed E-state index contributed by atoms with van der Waals surface area (Å²) < 4.78 is 48.9. The molecule has 0 amide bonds. The second-order valence-electron chi connectivity index (χ2n) is 8.40. The van der Waals surface area contributed by atoms with Gasteiger partial charge >= 0.3 is 11.9 Å². The number of hydrogen-bond donors (Lipinski definition) is 1. The van der Waals surface area contributed by atoms with Crippen LogP contribution in [-0.4, -0.2) is 38.1 Å². The topological polar surface area (TPSA) is 80.0 Å². The van der Waals surface area contributed by atoms with E-state index in [1.54, 1.807) is 27.6 Å². The molecule has 3 aromatic heterocycles. The number of aromatic nitrogens is 4.